The van der Waals surface area contributed by atoms with Crippen molar-refractivity contribution in [2.45, 2.75) is 38.6 Å². The van der Waals surface area contributed by atoms with E-state index in [1.54, 1.807) is 21.3 Å². The normalized spacial score (nSPS) is 17.8. The Morgan fingerprint density at radius 1 is 1.19 bits per heavy atom. The van der Waals surface area contributed by atoms with Gasteiger partial charge in [0.05, 0.1) is 31.1 Å². The number of carbonyl (C=O) groups excluding carboxylic acids is 1. The maximum Gasteiger partial charge on any atom is 0.318 e. The van der Waals surface area contributed by atoms with E-state index in [0.29, 0.717) is 37.3 Å². The number of amides is 2. The molecule has 2 aromatic rings. The highest BCUT2D eigenvalue weighted by Crippen LogP contribution is 2.43. The number of halogens is 2. The summed E-state index contributed by atoms with van der Waals surface area (Å²) >= 11 is 10.0. The van der Waals surface area contributed by atoms with Crippen molar-refractivity contribution in [2.24, 2.45) is 0 Å². The van der Waals surface area contributed by atoms with E-state index in [1.807, 2.05) is 23.1 Å². The number of fused-ring (bicyclic) bond motifs is 1. The van der Waals surface area contributed by atoms with Crippen molar-refractivity contribution in [2.75, 3.05) is 60.8 Å². The fourth-order valence-electron chi connectivity index (χ4n) is 4.75. The number of aromatic nitrogens is 1. The molecular formula is C27H38BrClN4O4. The molecule has 2 aliphatic rings. The van der Waals surface area contributed by atoms with Gasteiger partial charge in [0.25, 0.3) is 0 Å². The molecule has 1 aliphatic heterocycles. The number of methoxy groups -OCH3 is 3. The number of nitrogens with one attached hydrogen (secondary N) is 1. The van der Waals surface area contributed by atoms with Gasteiger partial charge in [0.1, 0.15) is 0 Å². The average molecular weight is 598 g/mol. The number of nitrogens with zero attached hydrogens (tertiary/aromatic N) is 3. The van der Waals surface area contributed by atoms with Crippen LogP contribution in [0.1, 0.15) is 43.4 Å². The smallest absolute Gasteiger partial charge is 0.318 e. The molecule has 1 atom stereocenters. The monoisotopic (exact) mass is 596 g/mol. The number of carbonyl (C=O) groups is 1. The molecule has 0 spiro atoms. The number of hydrogen-bond acceptors (Lipinski definition) is 6. The molecule has 0 saturated carbocycles. The summed E-state index contributed by atoms with van der Waals surface area (Å²) in [6.07, 6.45) is 3.93. The Bertz CT molecular complexity index is 1040. The van der Waals surface area contributed by atoms with Crippen molar-refractivity contribution in [1.82, 2.24) is 20.1 Å². The lowest BCUT2D eigenvalue weighted by Gasteiger charge is -2.34. The van der Waals surface area contributed by atoms with Crippen LogP contribution in [0.4, 0.5) is 4.79 Å². The van der Waals surface area contributed by atoms with Crippen LogP contribution in [0.25, 0.3) is 11.3 Å². The minimum atomic E-state index is -0.0466. The SMILES string of the molecule is CCCOC.COCCN1CCCN([C@@H]2CCc3cc(-c4cccc(Br)c4Cl)nc(OC)c32)CNC1=O. The Kier molecular flexibility index (Phi) is 11.9. The van der Waals surface area contributed by atoms with E-state index >= 15 is 0 Å². The first kappa shape index (κ1) is 29.6. The van der Waals surface area contributed by atoms with Crippen LogP contribution in [0.15, 0.2) is 28.7 Å². The van der Waals surface area contributed by atoms with Gasteiger partial charge in [-0.05, 0) is 59.3 Å². The van der Waals surface area contributed by atoms with E-state index in [-0.39, 0.29) is 12.1 Å². The molecule has 37 heavy (non-hydrogen) atoms. The number of benzene rings is 1. The quantitative estimate of drug-likeness (QED) is 0.432. The van der Waals surface area contributed by atoms with Crippen molar-refractivity contribution in [1.29, 1.82) is 0 Å². The van der Waals surface area contributed by atoms with Gasteiger partial charge in [-0.1, -0.05) is 30.7 Å². The fraction of sp³-hybridized carbons (Fsp3) is 0.556. The van der Waals surface area contributed by atoms with E-state index in [1.165, 1.54) is 5.56 Å². The summed E-state index contributed by atoms with van der Waals surface area (Å²) in [6, 6.07) is 8.07. The molecule has 8 nitrogen and oxygen atoms in total. The first-order valence-corrected chi connectivity index (χ1v) is 13.9. The third kappa shape index (κ3) is 7.57. The predicted octanol–water partition coefficient (Wildman–Crippen LogP) is 5.52. The summed E-state index contributed by atoms with van der Waals surface area (Å²) in [7, 11) is 5.02. The van der Waals surface area contributed by atoms with Crippen molar-refractivity contribution in [3.05, 3.63) is 44.9 Å². The van der Waals surface area contributed by atoms with E-state index in [2.05, 4.69) is 39.1 Å². The van der Waals surface area contributed by atoms with E-state index in [4.69, 9.17) is 30.8 Å². The lowest BCUT2D eigenvalue weighted by molar-refractivity contribution is 0.118. The Balaban J connectivity index is 0.000000695. The summed E-state index contributed by atoms with van der Waals surface area (Å²) in [4.78, 5) is 21.5. The van der Waals surface area contributed by atoms with Crippen LogP contribution in [0.3, 0.4) is 0 Å². The van der Waals surface area contributed by atoms with Crippen LogP contribution in [0.5, 0.6) is 5.88 Å². The third-order valence-corrected chi connectivity index (χ3v) is 7.86. The highest BCUT2D eigenvalue weighted by atomic mass is 79.9. The van der Waals surface area contributed by atoms with Crippen LogP contribution in [-0.4, -0.2) is 81.7 Å². The van der Waals surface area contributed by atoms with E-state index in [0.717, 1.165) is 60.1 Å². The molecule has 1 saturated heterocycles. The average Bonchev–Trinajstić information content (AvgIpc) is 3.32. The lowest BCUT2D eigenvalue weighted by atomic mass is 10.0. The summed E-state index contributed by atoms with van der Waals surface area (Å²) in [5.41, 5.74) is 4.03. The van der Waals surface area contributed by atoms with Gasteiger partial charge >= 0.3 is 6.03 Å². The zero-order valence-electron chi connectivity index (χ0n) is 22.2. The second kappa shape index (κ2) is 14.9. The Morgan fingerprint density at radius 2 is 1.97 bits per heavy atom. The molecule has 1 N–H and O–H groups in total. The van der Waals surface area contributed by atoms with Gasteiger partial charge in [-0.3, -0.25) is 4.90 Å². The van der Waals surface area contributed by atoms with Gasteiger partial charge in [0, 0.05) is 62.1 Å². The summed E-state index contributed by atoms with van der Waals surface area (Å²) in [5.74, 6) is 0.631. The minimum absolute atomic E-state index is 0.0466. The lowest BCUT2D eigenvalue weighted by Crippen LogP contribution is -2.50. The zero-order valence-corrected chi connectivity index (χ0v) is 24.5. The van der Waals surface area contributed by atoms with Crippen molar-refractivity contribution in [3.8, 4) is 17.1 Å². The fourth-order valence-corrected chi connectivity index (χ4v) is 5.34. The van der Waals surface area contributed by atoms with Crippen LogP contribution >= 0.6 is 27.5 Å². The number of aryl methyl sites for hydroxylation is 1. The molecule has 0 bridgehead atoms. The van der Waals surface area contributed by atoms with E-state index < -0.39 is 0 Å². The van der Waals surface area contributed by atoms with Crippen molar-refractivity contribution in [3.63, 3.8) is 0 Å². The number of pyridine rings is 1. The van der Waals surface area contributed by atoms with Crippen molar-refractivity contribution >= 4 is 33.6 Å². The molecular weight excluding hydrogens is 560 g/mol. The second-order valence-corrected chi connectivity index (χ2v) is 10.3. The van der Waals surface area contributed by atoms with Gasteiger partial charge in [-0.25, -0.2) is 9.78 Å². The molecule has 0 unspecified atom stereocenters. The highest BCUT2D eigenvalue weighted by molar-refractivity contribution is 9.10. The molecule has 0 radical (unpaired) electrons. The highest BCUT2D eigenvalue weighted by Gasteiger charge is 2.34. The van der Waals surface area contributed by atoms with Crippen LogP contribution in [0, 0.1) is 0 Å². The maximum absolute atomic E-state index is 12.5. The topological polar surface area (TPSA) is 76.2 Å². The Morgan fingerprint density at radius 3 is 2.65 bits per heavy atom. The summed E-state index contributed by atoms with van der Waals surface area (Å²) in [5, 5.41) is 3.70. The molecule has 1 aromatic heterocycles. The van der Waals surface area contributed by atoms with Crippen LogP contribution in [-0.2, 0) is 15.9 Å². The Labute approximate surface area is 233 Å². The van der Waals surface area contributed by atoms with Crippen molar-refractivity contribution < 1.29 is 19.0 Å². The van der Waals surface area contributed by atoms with Gasteiger partial charge < -0.3 is 24.4 Å². The molecule has 2 amide bonds. The molecule has 4 rings (SSSR count). The largest absolute Gasteiger partial charge is 0.481 e. The van der Waals surface area contributed by atoms with Crippen LogP contribution in [0.2, 0.25) is 5.02 Å². The summed E-state index contributed by atoms with van der Waals surface area (Å²) < 4.78 is 16.4. The minimum Gasteiger partial charge on any atom is -0.481 e. The first-order chi connectivity index (χ1) is 17.9. The molecule has 10 heteroatoms. The molecule has 2 heterocycles. The van der Waals surface area contributed by atoms with E-state index in [9.17, 15) is 4.79 Å². The Hall–Kier alpha value is -1.91. The number of rotatable bonds is 8. The number of urea groups is 1. The maximum atomic E-state index is 12.5. The summed E-state index contributed by atoms with van der Waals surface area (Å²) in [6.45, 7) is 6.21. The zero-order chi connectivity index (χ0) is 26.8. The molecule has 1 aliphatic carbocycles. The van der Waals surface area contributed by atoms with Gasteiger partial charge in [0.2, 0.25) is 5.88 Å². The molecule has 204 valence electrons. The molecule has 1 fully saturated rings. The van der Waals surface area contributed by atoms with Gasteiger partial charge in [-0.2, -0.15) is 0 Å². The number of hydrogen-bond donors (Lipinski definition) is 1. The number of ether oxygens (including phenoxy) is 3. The van der Waals surface area contributed by atoms with Gasteiger partial charge in [0.15, 0.2) is 0 Å². The standard InChI is InChI=1S/C23H28BrClN4O3.C4H10O/c1-31-12-11-28-9-4-10-29(14-26-23(28)30)19-8-7-15-13-18(27-22(32-2)20(15)19)16-5-3-6-17(24)21(16)25;1-3-4-5-2/h3,5-6,13,19H,4,7-12,14H2,1-2H3,(H,26,30);3-4H2,1-2H3/t19-;/m1./s1. The third-order valence-electron chi connectivity index (χ3n) is 6.56. The predicted molar refractivity (Wildman–Crippen MR) is 150 cm³/mol. The van der Waals surface area contributed by atoms with Crippen LogP contribution < -0.4 is 10.1 Å². The molecule has 1 aromatic carbocycles. The first-order valence-electron chi connectivity index (χ1n) is 12.7. The second-order valence-electron chi connectivity index (χ2n) is 9.02. The van der Waals surface area contributed by atoms with Gasteiger partial charge in [-0.15, -0.1) is 0 Å².